The van der Waals surface area contributed by atoms with Crippen LogP contribution >= 0.6 is 15.9 Å². The molecule has 94 valence electrons. The molecule has 0 saturated heterocycles. The standard InChI is InChI=1S/C12H16BrNO3/c1-4-9(13)12(15)14-10-6-5-8(16-2)7-11(10)17-3/h5-7,9H,4H2,1-3H3,(H,14,15). The van der Waals surface area contributed by atoms with Crippen LogP contribution in [0.4, 0.5) is 5.69 Å². The number of halogens is 1. The first-order valence-corrected chi connectivity index (χ1v) is 6.20. The molecule has 1 rings (SSSR count). The monoisotopic (exact) mass is 301 g/mol. The van der Waals surface area contributed by atoms with E-state index in [1.54, 1.807) is 32.4 Å². The first-order chi connectivity index (χ1) is 8.12. The van der Waals surface area contributed by atoms with Gasteiger partial charge in [0, 0.05) is 6.07 Å². The number of anilines is 1. The molecule has 17 heavy (non-hydrogen) atoms. The van der Waals surface area contributed by atoms with Crippen LogP contribution in [0.15, 0.2) is 18.2 Å². The van der Waals surface area contributed by atoms with Crippen LogP contribution in [0.2, 0.25) is 0 Å². The van der Waals surface area contributed by atoms with Gasteiger partial charge >= 0.3 is 0 Å². The molecule has 1 aromatic carbocycles. The van der Waals surface area contributed by atoms with Crippen molar-refractivity contribution in [2.45, 2.75) is 18.2 Å². The molecule has 0 fully saturated rings. The highest BCUT2D eigenvalue weighted by Crippen LogP contribution is 2.29. The van der Waals surface area contributed by atoms with Crippen molar-refractivity contribution in [2.24, 2.45) is 0 Å². The van der Waals surface area contributed by atoms with E-state index in [0.29, 0.717) is 17.2 Å². The van der Waals surface area contributed by atoms with Crippen molar-refractivity contribution >= 4 is 27.5 Å². The molecule has 1 N–H and O–H groups in total. The minimum Gasteiger partial charge on any atom is -0.497 e. The Morgan fingerprint density at radius 1 is 1.41 bits per heavy atom. The van der Waals surface area contributed by atoms with E-state index in [-0.39, 0.29) is 10.7 Å². The second kappa shape index (κ2) is 6.49. The van der Waals surface area contributed by atoms with Gasteiger partial charge in [0.25, 0.3) is 0 Å². The summed E-state index contributed by atoms with van der Waals surface area (Å²) in [6, 6.07) is 5.25. The van der Waals surface area contributed by atoms with Gasteiger partial charge in [-0.1, -0.05) is 22.9 Å². The number of carbonyl (C=O) groups excluding carboxylic acids is 1. The maximum absolute atomic E-state index is 11.7. The number of ether oxygens (including phenoxy) is 2. The number of amides is 1. The summed E-state index contributed by atoms with van der Waals surface area (Å²) in [5.74, 6) is 1.18. The van der Waals surface area contributed by atoms with Crippen LogP contribution < -0.4 is 14.8 Å². The van der Waals surface area contributed by atoms with Crippen molar-refractivity contribution in [1.29, 1.82) is 0 Å². The van der Waals surface area contributed by atoms with E-state index in [9.17, 15) is 4.79 Å². The Morgan fingerprint density at radius 2 is 2.12 bits per heavy atom. The summed E-state index contributed by atoms with van der Waals surface area (Å²) < 4.78 is 10.3. The highest BCUT2D eigenvalue weighted by atomic mass is 79.9. The van der Waals surface area contributed by atoms with E-state index in [0.717, 1.165) is 6.42 Å². The van der Waals surface area contributed by atoms with Crippen LogP contribution in [-0.4, -0.2) is 25.0 Å². The first-order valence-electron chi connectivity index (χ1n) is 5.29. The molecular formula is C12H16BrNO3. The maximum Gasteiger partial charge on any atom is 0.238 e. The van der Waals surface area contributed by atoms with Gasteiger partial charge in [-0.15, -0.1) is 0 Å². The van der Waals surface area contributed by atoms with E-state index >= 15 is 0 Å². The van der Waals surface area contributed by atoms with Gasteiger partial charge in [-0.25, -0.2) is 0 Å². The van der Waals surface area contributed by atoms with Gasteiger partial charge in [0.05, 0.1) is 24.7 Å². The van der Waals surface area contributed by atoms with E-state index in [2.05, 4.69) is 21.2 Å². The normalized spacial score (nSPS) is 11.8. The zero-order valence-electron chi connectivity index (χ0n) is 10.1. The Bertz CT molecular complexity index is 395. The average molecular weight is 302 g/mol. The third-order valence-electron chi connectivity index (χ3n) is 2.31. The average Bonchev–Trinajstić information content (AvgIpc) is 2.37. The Labute approximate surface area is 109 Å². The van der Waals surface area contributed by atoms with Crippen molar-refractivity contribution in [1.82, 2.24) is 0 Å². The molecule has 1 unspecified atom stereocenters. The van der Waals surface area contributed by atoms with Crippen molar-refractivity contribution in [3.8, 4) is 11.5 Å². The van der Waals surface area contributed by atoms with E-state index in [1.807, 2.05) is 6.92 Å². The third-order valence-corrected chi connectivity index (χ3v) is 3.37. The molecule has 0 bridgehead atoms. The van der Waals surface area contributed by atoms with Crippen LogP contribution in [0.25, 0.3) is 0 Å². The van der Waals surface area contributed by atoms with Crippen LogP contribution in [0, 0.1) is 0 Å². The molecule has 1 amide bonds. The maximum atomic E-state index is 11.7. The molecule has 0 spiro atoms. The van der Waals surface area contributed by atoms with Crippen LogP contribution in [0.3, 0.4) is 0 Å². The Morgan fingerprint density at radius 3 is 2.65 bits per heavy atom. The largest absolute Gasteiger partial charge is 0.497 e. The lowest BCUT2D eigenvalue weighted by atomic mass is 10.2. The lowest BCUT2D eigenvalue weighted by Crippen LogP contribution is -2.22. The van der Waals surface area contributed by atoms with Gasteiger partial charge in [-0.2, -0.15) is 0 Å². The molecule has 5 heteroatoms. The first kappa shape index (κ1) is 13.8. The van der Waals surface area contributed by atoms with Gasteiger partial charge in [0.2, 0.25) is 5.91 Å². The molecule has 4 nitrogen and oxygen atoms in total. The molecule has 0 radical (unpaired) electrons. The number of nitrogens with one attached hydrogen (secondary N) is 1. The van der Waals surface area contributed by atoms with Gasteiger partial charge in [0.15, 0.2) is 0 Å². The molecule has 0 aromatic heterocycles. The number of benzene rings is 1. The second-order valence-corrected chi connectivity index (χ2v) is 4.54. The summed E-state index contributed by atoms with van der Waals surface area (Å²) in [5, 5.41) is 2.80. The fourth-order valence-electron chi connectivity index (χ4n) is 1.30. The fraction of sp³-hybridized carbons (Fsp3) is 0.417. The summed E-state index contributed by atoms with van der Waals surface area (Å²) in [7, 11) is 3.13. The second-order valence-electron chi connectivity index (χ2n) is 3.43. The van der Waals surface area contributed by atoms with Crippen LogP contribution in [0.5, 0.6) is 11.5 Å². The summed E-state index contributed by atoms with van der Waals surface area (Å²) in [5.41, 5.74) is 0.635. The zero-order valence-corrected chi connectivity index (χ0v) is 11.7. The predicted octanol–water partition coefficient (Wildman–Crippen LogP) is 2.82. The number of rotatable bonds is 5. The Hall–Kier alpha value is -1.23. The van der Waals surface area contributed by atoms with Crippen LogP contribution in [0.1, 0.15) is 13.3 Å². The van der Waals surface area contributed by atoms with Gasteiger partial charge in [0.1, 0.15) is 11.5 Å². The quantitative estimate of drug-likeness (QED) is 0.851. The molecular weight excluding hydrogens is 286 g/mol. The fourth-order valence-corrected chi connectivity index (χ4v) is 1.41. The van der Waals surface area contributed by atoms with Gasteiger partial charge < -0.3 is 14.8 Å². The van der Waals surface area contributed by atoms with E-state index in [1.165, 1.54) is 0 Å². The summed E-state index contributed by atoms with van der Waals surface area (Å²) in [4.78, 5) is 11.5. The highest BCUT2D eigenvalue weighted by Gasteiger charge is 2.14. The molecule has 0 saturated carbocycles. The van der Waals surface area contributed by atoms with Crippen molar-refractivity contribution < 1.29 is 14.3 Å². The SMILES string of the molecule is CCC(Br)C(=O)Nc1ccc(OC)cc1OC. The molecule has 0 heterocycles. The lowest BCUT2D eigenvalue weighted by Gasteiger charge is -2.13. The molecule has 0 aliphatic heterocycles. The number of alkyl halides is 1. The van der Waals surface area contributed by atoms with E-state index in [4.69, 9.17) is 9.47 Å². The number of hydrogen-bond acceptors (Lipinski definition) is 3. The lowest BCUT2D eigenvalue weighted by molar-refractivity contribution is -0.115. The van der Waals surface area contributed by atoms with Crippen molar-refractivity contribution in [3.63, 3.8) is 0 Å². The summed E-state index contributed by atoms with van der Waals surface area (Å²) in [6.07, 6.45) is 0.726. The van der Waals surface area contributed by atoms with Crippen LogP contribution in [-0.2, 0) is 4.79 Å². The van der Waals surface area contributed by atoms with E-state index < -0.39 is 0 Å². The molecule has 0 aliphatic carbocycles. The molecule has 0 aliphatic rings. The zero-order chi connectivity index (χ0) is 12.8. The smallest absolute Gasteiger partial charge is 0.238 e. The summed E-state index contributed by atoms with van der Waals surface area (Å²) in [6.45, 7) is 1.93. The minimum absolute atomic E-state index is 0.0871. The Kier molecular flexibility index (Phi) is 5.28. The van der Waals surface area contributed by atoms with Crippen molar-refractivity contribution in [3.05, 3.63) is 18.2 Å². The Balaban J connectivity index is 2.87. The summed E-state index contributed by atoms with van der Waals surface area (Å²) >= 11 is 3.30. The minimum atomic E-state index is -0.200. The van der Waals surface area contributed by atoms with Gasteiger partial charge in [-0.05, 0) is 18.6 Å². The molecule has 1 atom stereocenters. The third kappa shape index (κ3) is 3.63. The number of hydrogen-bond donors (Lipinski definition) is 1. The number of methoxy groups -OCH3 is 2. The number of carbonyl (C=O) groups is 1. The topological polar surface area (TPSA) is 47.6 Å². The predicted molar refractivity (Wildman–Crippen MR) is 71.2 cm³/mol. The molecule has 1 aromatic rings. The highest BCUT2D eigenvalue weighted by molar-refractivity contribution is 9.10. The van der Waals surface area contributed by atoms with Crippen molar-refractivity contribution in [2.75, 3.05) is 19.5 Å². The van der Waals surface area contributed by atoms with Gasteiger partial charge in [-0.3, -0.25) is 4.79 Å².